The highest BCUT2D eigenvalue weighted by atomic mass is 79.9. The quantitative estimate of drug-likeness (QED) is 0.740. The van der Waals surface area contributed by atoms with Crippen LogP contribution in [0, 0.1) is 5.92 Å². The monoisotopic (exact) mass is 315 g/mol. The Morgan fingerprint density at radius 1 is 1.33 bits per heavy atom. The molecule has 0 aliphatic heterocycles. The van der Waals surface area contributed by atoms with Gasteiger partial charge < -0.3 is 5.32 Å². The molecule has 0 spiro atoms. The van der Waals surface area contributed by atoms with Crippen LogP contribution in [0.25, 0.3) is 0 Å². The molecule has 18 heavy (non-hydrogen) atoms. The highest BCUT2D eigenvalue weighted by Gasteiger charge is 2.21. The minimum atomic E-state index is 0.512. The number of rotatable bonds is 8. The van der Waals surface area contributed by atoms with E-state index in [1.54, 1.807) is 0 Å². The molecule has 0 aromatic carbocycles. The van der Waals surface area contributed by atoms with Gasteiger partial charge in [-0.15, -0.1) is 0 Å². The summed E-state index contributed by atoms with van der Waals surface area (Å²) in [6.07, 6.45) is 4.24. The third-order valence-corrected chi connectivity index (χ3v) is 4.06. The van der Waals surface area contributed by atoms with Crippen LogP contribution in [0.15, 0.2) is 10.7 Å². The van der Waals surface area contributed by atoms with E-state index in [0.717, 1.165) is 30.5 Å². The lowest BCUT2D eigenvalue weighted by atomic mass is 9.92. The van der Waals surface area contributed by atoms with Gasteiger partial charge in [-0.2, -0.15) is 5.10 Å². The lowest BCUT2D eigenvalue weighted by Gasteiger charge is -2.22. The van der Waals surface area contributed by atoms with Crippen LogP contribution in [-0.2, 0) is 6.54 Å². The Balaban J connectivity index is 2.69. The summed E-state index contributed by atoms with van der Waals surface area (Å²) in [5, 5.41) is 7.96. The molecule has 0 saturated heterocycles. The maximum absolute atomic E-state index is 4.45. The Labute approximate surface area is 119 Å². The summed E-state index contributed by atoms with van der Waals surface area (Å²) in [5.41, 5.74) is 1.34. The van der Waals surface area contributed by atoms with E-state index < -0.39 is 0 Å². The van der Waals surface area contributed by atoms with Crippen molar-refractivity contribution in [3.63, 3.8) is 0 Å². The molecule has 2 unspecified atom stereocenters. The Morgan fingerprint density at radius 3 is 2.67 bits per heavy atom. The predicted octanol–water partition coefficient (Wildman–Crippen LogP) is 3.79. The third-order valence-electron chi connectivity index (χ3n) is 3.45. The minimum Gasteiger partial charge on any atom is -0.316 e. The predicted molar refractivity (Wildman–Crippen MR) is 81.0 cm³/mol. The van der Waals surface area contributed by atoms with E-state index in [0.29, 0.717) is 11.8 Å². The van der Waals surface area contributed by atoms with Crippen LogP contribution in [0.2, 0.25) is 0 Å². The van der Waals surface area contributed by atoms with Crippen molar-refractivity contribution >= 4 is 15.9 Å². The van der Waals surface area contributed by atoms with Crippen LogP contribution in [-0.4, -0.2) is 22.9 Å². The first-order valence-electron chi connectivity index (χ1n) is 7.03. The van der Waals surface area contributed by atoms with Crippen molar-refractivity contribution in [3.8, 4) is 0 Å². The summed E-state index contributed by atoms with van der Waals surface area (Å²) >= 11 is 3.63. The zero-order valence-corrected chi connectivity index (χ0v) is 13.6. The molecule has 4 heteroatoms. The molecule has 0 aliphatic rings. The number of aryl methyl sites for hydroxylation is 1. The van der Waals surface area contributed by atoms with Gasteiger partial charge >= 0.3 is 0 Å². The van der Waals surface area contributed by atoms with Crippen LogP contribution >= 0.6 is 15.9 Å². The Morgan fingerprint density at radius 2 is 2.06 bits per heavy atom. The van der Waals surface area contributed by atoms with E-state index in [2.05, 4.69) is 58.7 Å². The van der Waals surface area contributed by atoms with E-state index >= 15 is 0 Å². The van der Waals surface area contributed by atoms with Gasteiger partial charge in [0.1, 0.15) is 0 Å². The molecule has 1 aromatic heterocycles. The summed E-state index contributed by atoms with van der Waals surface area (Å²) in [6.45, 7) is 12.2. The van der Waals surface area contributed by atoms with Crippen molar-refractivity contribution < 1.29 is 0 Å². The molecule has 0 radical (unpaired) electrons. The average Bonchev–Trinajstić information content (AvgIpc) is 2.70. The molecule has 3 nitrogen and oxygen atoms in total. The van der Waals surface area contributed by atoms with E-state index in [-0.39, 0.29) is 0 Å². The fraction of sp³-hybridized carbons (Fsp3) is 0.786. The van der Waals surface area contributed by atoms with E-state index in [1.807, 2.05) is 6.20 Å². The molecule has 1 rings (SSSR count). The van der Waals surface area contributed by atoms with Crippen molar-refractivity contribution in [1.29, 1.82) is 0 Å². The van der Waals surface area contributed by atoms with Crippen LogP contribution < -0.4 is 5.32 Å². The van der Waals surface area contributed by atoms with Gasteiger partial charge in [0.05, 0.1) is 16.4 Å². The molecule has 1 N–H and O–H groups in total. The van der Waals surface area contributed by atoms with Crippen LogP contribution in [0.4, 0.5) is 0 Å². The number of nitrogens with zero attached hydrogens (tertiary/aromatic N) is 2. The maximum atomic E-state index is 4.45. The molecule has 0 saturated carbocycles. The second-order valence-electron chi connectivity index (χ2n) is 5.07. The molecule has 0 bridgehead atoms. The first-order valence-corrected chi connectivity index (χ1v) is 7.82. The fourth-order valence-corrected chi connectivity index (χ4v) is 2.82. The van der Waals surface area contributed by atoms with E-state index in [1.165, 1.54) is 12.1 Å². The molecule has 1 aromatic rings. The number of halogens is 1. The first kappa shape index (κ1) is 15.7. The van der Waals surface area contributed by atoms with Crippen molar-refractivity contribution in [2.45, 2.75) is 53.0 Å². The second kappa shape index (κ2) is 7.95. The van der Waals surface area contributed by atoms with Gasteiger partial charge in [0, 0.05) is 12.5 Å². The first-order chi connectivity index (χ1) is 8.61. The zero-order valence-electron chi connectivity index (χ0n) is 12.0. The number of nitrogens with one attached hydrogen (secondary N) is 1. The Hall–Kier alpha value is -0.350. The van der Waals surface area contributed by atoms with Gasteiger partial charge in [-0.05, 0) is 47.8 Å². The fourth-order valence-electron chi connectivity index (χ4n) is 2.17. The summed E-state index contributed by atoms with van der Waals surface area (Å²) in [4.78, 5) is 0. The normalized spacial score (nSPS) is 14.7. The Kier molecular flexibility index (Phi) is 6.94. The highest BCUT2D eigenvalue weighted by molar-refractivity contribution is 9.10. The van der Waals surface area contributed by atoms with Gasteiger partial charge in [0.15, 0.2) is 0 Å². The maximum Gasteiger partial charge on any atom is 0.0635 e. The third kappa shape index (κ3) is 4.09. The molecule has 0 fully saturated rings. The summed E-state index contributed by atoms with van der Waals surface area (Å²) in [6, 6.07) is 0. The van der Waals surface area contributed by atoms with Gasteiger partial charge in [0.2, 0.25) is 0 Å². The Bertz CT molecular complexity index is 349. The van der Waals surface area contributed by atoms with Gasteiger partial charge in [-0.3, -0.25) is 4.68 Å². The lowest BCUT2D eigenvalue weighted by molar-refractivity contribution is 0.418. The molecule has 104 valence electrons. The number of hydrogen-bond acceptors (Lipinski definition) is 2. The minimum absolute atomic E-state index is 0.512. The highest BCUT2D eigenvalue weighted by Crippen LogP contribution is 2.30. The summed E-state index contributed by atoms with van der Waals surface area (Å²) < 4.78 is 3.29. The van der Waals surface area contributed by atoms with Crippen molar-refractivity contribution in [3.05, 3.63) is 16.4 Å². The van der Waals surface area contributed by atoms with Crippen LogP contribution in [0.5, 0.6) is 0 Å². The molecular formula is C14H26BrN3. The number of hydrogen-bond donors (Lipinski definition) is 1. The van der Waals surface area contributed by atoms with Gasteiger partial charge in [-0.1, -0.05) is 27.7 Å². The standard InChI is InChI=1S/C14H26BrN3/c1-5-7-16-9-11(3)12(4)14-13(15)10-17-18(14)8-6-2/h10-12,16H,5-9H2,1-4H3. The van der Waals surface area contributed by atoms with E-state index in [4.69, 9.17) is 0 Å². The summed E-state index contributed by atoms with van der Waals surface area (Å²) in [5.74, 6) is 1.12. The zero-order chi connectivity index (χ0) is 13.5. The number of aromatic nitrogens is 2. The SMILES string of the molecule is CCCNCC(C)C(C)c1c(Br)cnn1CCC. The van der Waals surface area contributed by atoms with Crippen LogP contribution in [0.1, 0.15) is 52.1 Å². The van der Waals surface area contributed by atoms with Crippen molar-refractivity contribution in [2.75, 3.05) is 13.1 Å². The molecule has 0 amide bonds. The van der Waals surface area contributed by atoms with Gasteiger partial charge in [-0.25, -0.2) is 0 Å². The molecular weight excluding hydrogens is 290 g/mol. The smallest absolute Gasteiger partial charge is 0.0635 e. The van der Waals surface area contributed by atoms with Crippen LogP contribution in [0.3, 0.4) is 0 Å². The topological polar surface area (TPSA) is 29.9 Å². The largest absolute Gasteiger partial charge is 0.316 e. The molecule has 1 heterocycles. The second-order valence-corrected chi connectivity index (χ2v) is 5.93. The van der Waals surface area contributed by atoms with Crippen molar-refractivity contribution in [1.82, 2.24) is 15.1 Å². The van der Waals surface area contributed by atoms with E-state index in [9.17, 15) is 0 Å². The lowest BCUT2D eigenvalue weighted by Crippen LogP contribution is -2.26. The van der Waals surface area contributed by atoms with Crippen molar-refractivity contribution in [2.24, 2.45) is 5.92 Å². The molecule has 0 aliphatic carbocycles. The van der Waals surface area contributed by atoms with Gasteiger partial charge in [0.25, 0.3) is 0 Å². The average molecular weight is 316 g/mol. The summed E-state index contributed by atoms with van der Waals surface area (Å²) in [7, 11) is 0. The molecule has 2 atom stereocenters.